The van der Waals surface area contributed by atoms with Crippen molar-refractivity contribution in [2.24, 2.45) is 0 Å². The molecule has 0 saturated heterocycles. The molecule has 2 aromatic rings. The number of aryl methyl sites for hydroxylation is 1. The van der Waals surface area contributed by atoms with Gasteiger partial charge in [0.1, 0.15) is 23.2 Å². The Morgan fingerprint density at radius 3 is 2.65 bits per heavy atom. The van der Waals surface area contributed by atoms with Gasteiger partial charge in [-0.3, -0.25) is 0 Å². The molecule has 1 aromatic heterocycles. The number of hydrogen-bond donors (Lipinski definition) is 1. The molecule has 2 rings (SSSR count). The van der Waals surface area contributed by atoms with E-state index in [0.29, 0.717) is 12.4 Å². The highest BCUT2D eigenvalue weighted by molar-refractivity contribution is 7.11. The van der Waals surface area contributed by atoms with E-state index in [1.807, 2.05) is 6.92 Å². The third-order valence-electron chi connectivity index (χ3n) is 2.26. The fourth-order valence-electron chi connectivity index (χ4n) is 1.37. The Morgan fingerprint density at radius 1 is 1.35 bits per heavy atom. The molecule has 0 atom stereocenters. The number of nitrogens with zero attached hydrogens (tertiary/aromatic N) is 1. The standard InChI is InChI=1S/C12H12FNO2S/c1-8-11(6-15)17-12(14-8)7-16-10-4-2-9(13)3-5-10/h2-5,15H,6-7H2,1H3. The summed E-state index contributed by atoms with van der Waals surface area (Å²) in [5, 5.41) is 9.84. The molecule has 0 amide bonds. The molecule has 0 aliphatic rings. The van der Waals surface area contributed by atoms with Crippen molar-refractivity contribution in [2.45, 2.75) is 20.1 Å². The highest BCUT2D eigenvalue weighted by Crippen LogP contribution is 2.20. The monoisotopic (exact) mass is 253 g/mol. The SMILES string of the molecule is Cc1nc(COc2ccc(F)cc2)sc1CO. The minimum Gasteiger partial charge on any atom is -0.486 e. The second kappa shape index (κ2) is 5.25. The minimum atomic E-state index is -0.287. The van der Waals surface area contributed by atoms with Gasteiger partial charge in [0.15, 0.2) is 0 Å². The Bertz CT molecular complexity index is 496. The first kappa shape index (κ1) is 12.0. The van der Waals surface area contributed by atoms with E-state index in [1.165, 1.54) is 23.5 Å². The van der Waals surface area contributed by atoms with Gasteiger partial charge in [0, 0.05) is 0 Å². The lowest BCUT2D eigenvalue weighted by Gasteiger charge is -2.02. The van der Waals surface area contributed by atoms with Gasteiger partial charge in [-0.05, 0) is 31.2 Å². The number of aromatic nitrogens is 1. The number of hydrogen-bond acceptors (Lipinski definition) is 4. The molecular weight excluding hydrogens is 241 g/mol. The Hall–Kier alpha value is -1.46. The van der Waals surface area contributed by atoms with E-state index in [9.17, 15) is 4.39 Å². The number of thiazole rings is 1. The average molecular weight is 253 g/mol. The number of aliphatic hydroxyl groups is 1. The number of rotatable bonds is 4. The van der Waals surface area contributed by atoms with Crippen molar-refractivity contribution >= 4 is 11.3 Å². The molecule has 0 aliphatic carbocycles. The summed E-state index contributed by atoms with van der Waals surface area (Å²) in [6.45, 7) is 2.18. The molecule has 0 bridgehead atoms. The van der Waals surface area contributed by atoms with Crippen LogP contribution >= 0.6 is 11.3 Å². The maximum absolute atomic E-state index is 12.7. The summed E-state index contributed by atoms with van der Waals surface area (Å²) in [4.78, 5) is 5.12. The van der Waals surface area contributed by atoms with E-state index in [-0.39, 0.29) is 12.4 Å². The lowest BCUT2D eigenvalue weighted by Crippen LogP contribution is -1.94. The Kier molecular flexibility index (Phi) is 3.71. The zero-order valence-electron chi connectivity index (χ0n) is 9.31. The Morgan fingerprint density at radius 2 is 2.06 bits per heavy atom. The molecule has 3 nitrogen and oxygen atoms in total. The van der Waals surface area contributed by atoms with Gasteiger partial charge in [-0.1, -0.05) is 0 Å². The Balaban J connectivity index is 1.99. The maximum atomic E-state index is 12.7. The van der Waals surface area contributed by atoms with Crippen LogP contribution in [0, 0.1) is 12.7 Å². The van der Waals surface area contributed by atoms with Crippen LogP contribution in [0.15, 0.2) is 24.3 Å². The zero-order valence-corrected chi connectivity index (χ0v) is 10.1. The highest BCUT2D eigenvalue weighted by Gasteiger charge is 2.07. The van der Waals surface area contributed by atoms with Crippen molar-refractivity contribution < 1.29 is 14.2 Å². The van der Waals surface area contributed by atoms with E-state index < -0.39 is 0 Å². The second-order valence-electron chi connectivity index (χ2n) is 3.52. The molecule has 1 N–H and O–H groups in total. The van der Waals surface area contributed by atoms with E-state index >= 15 is 0 Å². The first-order valence-electron chi connectivity index (χ1n) is 5.13. The molecule has 17 heavy (non-hydrogen) atoms. The molecule has 0 saturated carbocycles. The van der Waals surface area contributed by atoms with Crippen molar-refractivity contribution in [2.75, 3.05) is 0 Å². The molecule has 90 valence electrons. The normalized spacial score (nSPS) is 10.5. The molecule has 0 radical (unpaired) electrons. The van der Waals surface area contributed by atoms with Gasteiger partial charge in [0.05, 0.1) is 17.2 Å². The molecule has 0 aliphatic heterocycles. The predicted molar refractivity (Wildman–Crippen MR) is 63.5 cm³/mol. The number of halogens is 1. The molecule has 5 heteroatoms. The number of aliphatic hydroxyl groups excluding tert-OH is 1. The van der Waals surface area contributed by atoms with Crippen LogP contribution in [0.25, 0.3) is 0 Å². The third-order valence-corrected chi connectivity index (χ3v) is 3.37. The summed E-state index contributed by atoms with van der Waals surface area (Å²) in [7, 11) is 0. The molecule has 0 unspecified atom stereocenters. The topological polar surface area (TPSA) is 42.4 Å². The quantitative estimate of drug-likeness (QED) is 0.910. The predicted octanol–water partition coefficient (Wildman–Crippen LogP) is 2.66. The molecular formula is C12H12FNO2S. The summed E-state index contributed by atoms with van der Waals surface area (Å²) >= 11 is 1.42. The molecule has 1 aromatic carbocycles. The van der Waals surface area contributed by atoms with Crippen LogP contribution in [0.1, 0.15) is 15.6 Å². The lowest BCUT2D eigenvalue weighted by molar-refractivity contribution is 0.284. The van der Waals surface area contributed by atoms with Crippen LogP contribution < -0.4 is 4.74 Å². The van der Waals surface area contributed by atoms with Crippen LogP contribution in [0.2, 0.25) is 0 Å². The van der Waals surface area contributed by atoms with Crippen molar-refractivity contribution in [1.82, 2.24) is 4.98 Å². The van der Waals surface area contributed by atoms with Crippen LogP contribution in [0.3, 0.4) is 0 Å². The number of ether oxygens (including phenoxy) is 1. The first-order chi connectivity index (χ1) is 8.19. The summed E-state index contributed by atoms with van der Waals surface area (Å²) in [5.41, 5.74) is 0.829. The van der Waals surface area contributed by atoms with E-state index in [0.717, 1.165) is 15.6 Å². The van der Waals surface area contributed by atoms with E-state index in [2.05, 4.69) is 4.98 Å². The van der Waals surface area contributed by atoms with E-state index in [1.54, 1.807) is 12.1 Å². The summed E-state index contributed by atoms with van der Waals surface area (Å²) < 4.78 is 18.1. The molecule has 0 fully saturated rings. The second-order valence-corrected chi connectivity index (χ2v) is 4.69. The molecule has 1 heterocycles. The van der Waals surface area contributed by atoms with Crippen molar-refractivity contribution in [1.29, 1.82) is 0 Å². The third kappa shape index (κ3) is 3.01. The van der Waals surface area contributed by atoms with Crippen LogP contribution in [0.5, 0.6) is 5.75 Å². The maximum Gasteiger partial charge on any atom is 0.140 e. The van der Waals surface area contributed by atoms with Crippen molar-refractivity contribution in [3.8, 4) is 5.75 Å². The van der Waals surface area contributed by atoms with Gasteiger partial charge in [-0.25, -0.2) is 9.37 Å². The Labute approximate surface area is 103 Å². The van der Waals surface area contributed by atoms with Gasteiger partial charge in [-0.15, -0.1) is 11.3 Å². The van der Waals surface area contributed by atoms with Gasteiger partial charge >= 0.3 is 0 Å². The minimum absolute atomic E-state index is 0.0000478. The van der Waals surface area contributed by atoms with Gasteiger partial charge in [0.25, 0.3) is 0 Å². The van der Waals surface area contributed by atoms with Gasteiger partial charge in [-0.2, -0.15) is 0 Å². The summed E-state index contributed by atoms with van der Waals surface area (Å²) in [6, 6.07) is 5.84. The average Bonchev–Trinajstić information content (AvgIpc) is 2.69. The first-order valence-corrected chi connectivity index (χ1v) is 5.95. The van der Waals surface area contributed by atoms with Crippen molar-refractivity contribution in [3.63, 3.8) is 0 Å². The molecule has 0 spiro atoms. The van der Waals surface area contributed by atoms with Crippen LogP contribution in [-0.2, 0) is 13.2 Å². The largest absolute Gasteiger partial charge is 0.486 e. The summed E-state index contributed by atoms with van der Waals surface area (Å²) in [6.07, 6.45) is 0. The van der Waals surface area contributed by atoms with Crippen LogP contribution in [0.4, 0.5) is 4.39 Å². The van der Waals surface area contributed by atoms with Crippen molar-refractivity contribution in [3.05, 3.63) is 45.7 Å². The summed E-state index contributed by atoms with van der Waals surface area (Å²) in [5.74, 6) is 0.315. The lowest BCUT2D eigenvalue weighted by atomic mass is 10.3. The van der Waals surface area contributed by atoms with Gasteiger partial charge in [0.2, 0.25) is 0 Å². The van der Waals surface area contributed by atoms with Crippen LogP contribution in [-0.4, -0.2) is 10.1 Å². The number of benzene rings is 1. The van der Waals surface area contributed by atoms with Gasteiger partial charge < -0.3 is 9.84 Å². The smallest absolute Gasteiger partial charge is 0.140 e. The zero-order chi connectivity index (χ0) is 12.3. The fourth-order valence-corrected chi connectivity index (χ4v) is 2.22. The fraction of sp³-hybridized carbons (Fsp3) is 0.250. The highest BCUT2D eigenvalue weighted by atomic mass is 32.1. The van der Waals surface area contributed by atoms with E-state index in [4.69, 9.17) is 9.84 Å².